The van der Waals surface area contributed by atoms with Gasteiger partial charge >= 0.3 is 18.0 Å². The van der Waals surface area contributed by atoms with Crippen LogP contribution in [0.3, 0.4) is 0 Å². The third-order valence-electron chi connectivity index (χ3n) is 3.72. The minimum atomic E-state index is -4.73. The maximum Gasteiger partial charge on any atom is 0.471 e. The van der Waals surface area contributed by atoms with E-state index in [4.69, 9.17) is 9.57 Å². The summed E-state index contributed by atoms with van der Waals surface area (Å²) < 4.78 is 46.6. The number of esters is 1. The Labute approximate surface area is 169 Å². The van der Waals surface area contributed by atoms with E-state index in [1.807, 2.05) is 0 Å². The number of hydrogen-bond acceptors (Lipinski definition) is 8. The number of hydroxylamine groups is 1. The van der Waals surface area contributed by atoms with Crippen LogP contribution in [0.5, 0.6) is 0 Å². The molecule has 0 spiro atoms. The second-order valence-corrected chi connectivity index (χ2v) is 6.23. The Morgan fingerprint density at radius 2 is 1.87 bits per heavy atom. The summed E-state index contributed by atoms with van der Waals surface area (Å²) in [5.41, 5.74) is 3.14. The number of halogens is 3. The molecule has 30 heavy (non-hydrogen) atoms. The fraction of sp³-hybridized carbons (Fsp3) is 0.444. The Morgan fingerprint density at radius 1 is 1.20 bits per heavy atom. The molecular weight excluding hydrogens is 409 g/mol. The fourth-order valence-corrected chi connectivity index (χ4v) is 2.19. The van der Waals surface area contributed by atoms with Crippen molar-refractivity contribution in [2.75, 3.05) is 13.2 Å². The third-order valence-corrected chi connectivity index (χ3v) is 3.72. The van der Waals surface area contributed by atoms with Gasteiger partial charge in [0.05, 0.1) is 6.61 Å². The normalized spacial score (nSPS) is 13.5. The zero-order chi connectivity index (χ0) is 22.3. The van der Waals surface area contributed by atoms with Crippen LogP contribution in [-0.2, 0) is 20.5 Å². The Bertz CT molecular complexity index is 854. The molecule has 0 radical (unpaired) electrons. The van der Waals surface area contributed by atoms with Gasteiger partial charge < -0.3 is 14.6 Å². The standard InChI is InChI=1S/C18H21F3N4O5/c1-4-28-16(27)11(3)29-22-9-10(2)23-15(26)13-7-5-12(6-8-13)14-24-17(30-25-14)18(19,20)21/h5-8,10-11,22H,4,9H2,1-3H3,(H,23,26)/t10?,11-/m1/s1. The van der Waals surface area contributed by atoms with Crippen molar-refractivity contribution in [2.45, 2.75) is 39.1 Å². The van der Waals surface area contributed by atoms with Crippen LogP contribution >= 0.6 is 0 Å². The van der Waals surface area contributed by atoms with Crippen LogP contribution in [0.4, 0.5) is 13.2 Å². The van der Waals surface area contributed by atoms with E-state index in [2.05, 4.69) is 25.5 Å². The highest BCUT2D eigenvalue weighted by Gasteiger charge is 2.38. The van der Waals surface area contributed by atoms with Crippen LogP contribution in [0.25, 0.3) is 11.4 Å². The van der Waals surface area contributed by atoms with Crippen LogP contribution in [0.15, 0.2) is 28.8 Å². The Kier molecular flexibility index (Phi) is 7.89. The number of amides is 1. The first-order valence-corrected chi connectivity index (χ1v) is 8.99. The van der Waals surface area contributed by atoms with Gasteiger partial charge in [0, 0.05) is 23.7 Å². The molecule has 164 valence electrons. The molecule has 2 N–H and O–H groups in total. The van der Waals surface area contributed by atoms with Gasteiger partial charge in [0.25, 0.3) is 5.91 Å². The van der Waals surface area contributed by atoms with Crippen LogP contribution in [-0.4, -0.2) is 47.3 Å². The molecule has 0 fully saturated rings. The lowest BCUT2D eigenvalue weighted by molar-refractivity contribution is -0.160. The molecule has 1 aromatic heterocycles. The minimum absolute atomic E-state index is 0.219. The van der Waals surface area contributed by atoms with Gasteiger partial charge in [0.15, 0.2) is 6.10 Å². The molecule has 0 saturated heterocycles. The molecule has 0 aliphatic heterocycles. The summed E-state index contributed by atoms with van der Waals surface area (Å²) in [6, 6.07) is 5.32. The molecule has 0 saturated carbocycles. The summed E-state index contributed by atoms with van der Waals surface area (Å²) in [5, 5.41) is 6.00. The number of carbonyl (C=O) groups excluding carboxylic acids is 2. The first-order valence-electron chi connectivity index (χ1n) is 8.99. The maximum atomic E-state index is 12.5. The second kappa shape index (κ2) is 10.2. The lowest BCUT2D eigenvalue weighted by Gasteiger charge is -2.17. The summed E-state index contributed by atoms with van der Waals surface area (Å²) in [6.07, 6.45) is -5.53. The molecule has 1 amide bonds. The molecule has 1 heterocycles. The first-order chi connectivity index (χ1) is 14.1. The van der Waals surface area contributed by atoms with E-state index in [1.54, 1.807) is 13.8 Å². The van der Waals surface area contributed by atoms with Crippen molar-refractivity contribution in [1.82, 2.24) is 20.9 Å². The highest BCUT2D eigenvalue weighted by atomic mass is 19.4. The summed E-state index contributed by atoms with van der Waals surface area (Å²) in [6.45, 7) is 5.39. The minimum Gasteiger partial charge on any atom is -0.464 e. The SMILES string of the molecule is CCOC(=O)[C@@H](C)ONCC(C)NC(=O)c1ccc(-c2noc(C(F)(F)F)n2)cc1. The predicted molar refractivity (Wildman–Crippen MR) is 96.8 cm³/mol. The first kappa shape index (κ1) is 23.3. The van der Waals surface area contributed by atoms with Crippen molar-refractivity contribution in [3.63, 3.8) is 0 Å². The van der Waals surface area contributed by atoms with Crippen molar-refractivity contribution in [1.29, 1.82) is 0 Å². The van der Waals surface area contributed by atoms with Crippen LogP contribution in [0, 0.1) is 0 Å². The average molecular weight is 430 g/mol. The molecule has 12 heteroatoms. The van der Waals surface area contributed by atoms with Crippen LogP contribution in [0.1, 0.15) is 37.0 Å². The largest absolute Gasteiger partial charge is 0.471 e. The molecule has 1 aromatic carbocycles. The van der Waals surface area contributed by atoms with E-state index in [0.717, 1.165) is 0 Å². The maximum absolute atomic E-state index is 12.5. The van der Waals surface area contributed by atoms with Crippen molar-refractivity contribution in [3.8, 4) is 11.4 Å². The van der Waals surface area contributed by atoms with Gasteiger partial charge in [-0.1, -0.05) is 17.3 Å². The van der Waals surface area contributed by atoms with Gasteiger partial charge in [-0.15, -0.1) is 0 Å². The number of alkyl halides is 3. The summed E-state index contributed by atoms with van der Waals surface area (Å²) in [7, 11) is 0. The van der Waals surface area contributed by atoms with E-state index >= 15 is 0 Å². The molecule has 2 atom stereocenters. The number of hydrogen-bond donors (Lipinski definition) is 2. The van der Waals surface area contributed by atoms with E-state index in [9.17, 15) is 22.8 Å². The van der Waals surface area contributed by atoms with Crippen molar-refractivity contribution < 1.29 is 36.9 Å². The molecule has 0 aliphatic carbocycles. The van der Waals surface area contributed by atoms with Gasteiger partial charge in [0.1, 0.15) is 0 Å². The predicted octanol–water partition coefficient (Wildman–Crippen LogP) is 2.35. The van der Waals surface area contributed by atoms with Crippen molar-refractivity contribution in [2.24, 2.45) is 0 Å². The Hall–Kier alpha value is -2.99. The van der Waals surface area contributed by atoms with E-state index in [-0.39, 0.29) is 36.1 Å². The number of nitrogens with one attached hydrogen (secondary N) is 2. The summed E-state index contributed by atoms with van der Waals surface area (Å²) >= 11 is 0. The van der Waals surface area contributed by atoms with Crippen LogP contribution < -0.4 is 10.8 Å². The van der Waals surface area contributed by atoms with Gasteiger partial charge in [0.2, 0.25) is 5.82 Å². The molecule has 0 aliphatic rings. The van der Waals surface area contributed by atoms with Gasteiger partial charge in [-0.25, -0.2) is 4.79 Å². The van der Waals surface area contributed by atoms with Crippen molar-refractivity contribution in [3.05, 3.63) is 35.7 Å². The zero-order valence-electron chi connectivity index (χ0n) is 16.4. The number of nitrogens with zero attached hydrogens (tertiary/aromatic N) is 2. The van der Waals surface area contributed by atoms with Crippen molar-refractivity contribution >= 4 is 11.9 Å². The van der Waals surface area contributed by atoms with Crippen LogP contribution in [0.2, 0.25) is 0 Å². The molecule has 2 aromatic rings. The number of aromatic nitrogens is 2. The van der Waals surface area contributed by atoms with E-state index < -0.39 is 30.0 Å². The van der Waals surface area contributed by atoms with E-state index in [0.29, 0.717) is 0 Å². The Morgan fingerprint density at radius 3 is 2.43 bits per heavy atom. The number of ether oxygens (including phenoxy) is 1. The average Bonchev–Trinajstić information content (AvgIpc) is 3.19. The molecule has 1 unspecified atom stereocenters. The summed E-state index contributed by atoms with van der Waals surface area (Å²) in [5.74, 6) is -2.59. The second-order valence-electron chi connectivity index (χ2n) is 6.23. The lowest BCUT2D eigenvalue weighted by atomic mass is 10.1. The topological polar surface area (TPSA) is 116 Å². The van der Waals surface area contributed by atoms with Gasteiger partial charge in [-0.3, -0.25) is 9.63 Å². The monoisotopic (exact) mass is 430 g/mol. The highest BCUT2D eigenvalue weighted by Crippen LogP contribution is 2.29. The molecule has 0 bridgehead atoms. The van der Waals surface area contributed by atoms with Gasteiger partial charge in [-0.2, -0.15) is 23.6 Å². The number of benzene rings is 1. The molecule has 2 rings (SSSR count). The Balaban J connectivity index is 1.85. The fourth-order valence-electron chi connectivity index (χ4n) is 2.19. The lowest BCUT2D eigenvalue weighted by Crippen LogP contribution is -2.41. The molecular formula is C18H21F3N4O5. The highest BCUT2D eigenvalue weighted by molar-refractivity contribution is 5.94. The number of rotatable bonds is 9. The smallest absolute Gasteiger partial charge is 0.464 e. The molecule has 9 nitrogen and oxygen atoms in total. The number of carbonyl (C=O) groups is 2. The zero-order valence-corrected chi connectivity index (χ0v) is 16.4. The third kappa shape index (κ3) is 6.52. The quantitative estimate of drug-likeness (QED) is 0.460. The van der Waals surface area contributed by atoms with E-state index in [1.165, 1.54) is 31.2 Å². The van der Waals surface area contributed by atoms with Gasteiger partial charge in [-0.05, 0) is 32.9 Å². The summed E-state index contributed by atoms with van der Waals surface area (Å²) in [4.78, 5) is 32.1.